The maximum atomic E-state index is 10.8. The maximum Gasteiger partial charge on any atom is 0.354 e. The van der Waals surface area contributed by atoms with Gasteiger partial charge in [-0.25, -0.2) is 9.78 Å². The van der Waals surface area contributed by atoms with Gasteiger partial charge in [-0.2, -0.15) is 0 Å². The van der Waals surface area contributed by atoms with Gasteiger partial charge in [-0.15, -0.1) is 0 Å². The predicted molar refractivity (Wildman–Crippen MR) is 75.9 cm³/mol. The Labute approximate surface area is 119 Å². The number of carboxylic acid groups (broad SMARTS) is 1. The molecule has 2 rings (SSSR count). The summed E-state index contributed by atoms with van der Waals surface area (Å²) in [7, 11) is 0. The molecular formula is C14H13BrN2O2. The summed E-state index contributed by atoms with van der Waals surface area (Å²) in [6.45, 7) is 1.24. The molecule has 0 fully saturated rings. The van der Waals surface area contributed by atoms with Crippen molar-refractivity contribution in [3.8, 4) is 0 Å². The Kier molecular flexibility index (Phi) is 4.65. The molecule has 0 aliphatic carbocycles. The number of halogens is 1. The summed E-state index contributed by atoms with van der Waals surface area (Å²) >= 11 is 3.42. The first-order valence-corrected chi connectivity index (χ1v) is 6.59. The number of nitrogens with zero attached hydrogens (tertiary/aromatic N) is 1. The standard InChI is InChI=1S/C14H13BrN2O2/c15-11-4-1-3-10(7-11)8-16-9-12-5-2-6-13(17-12)14(18)19/h1-7,16H,8-9H2,(H,18,19). The van der Waals surface area contributed by atoms with Crippen molar-refractivity contribution in [1.29, 1.82) is 0 Å². The lowest BCUT2D eigenvalue weighted by Crippen LogP contribution is -2.14. The minimum Gasteiger partial charge on any atom is -0.477 e. The summed E-state index contributed by atoms with van der Waals surface area (Å²) in [6.07, 6.45) is 0. The van der Waals surface area contributed by atoms with Crippen LogP contribution in [0.3, 0.4) is 0 Å². The van der Waals surface area contributed by atoms with E-state index in [4.69, 9.17) is 5.11 Å². The topological polar surface area (TPSA) is 62.2 Å². The van der Waals surface area contributed by atoms with Crippen molar-refractivity contribution >= 4 is 21.9 Å². The van der Waals surface area contributed by atoms with Gasteiger partial charge in [-0.05, 0) is 29.8 Å². The van der Waals surface area contributed by atoms with Gasteiger partial charge >= 0.3 is 5.97 Å². The summed E-state index contributed by atoms with van der Waals surface area (Å²) in [5.41, 5.74) is 1.94. The SMILES string of the molecule is O=C(O)c1cccc(CNCc2cccc(Br)c2)n1. The van der Waals surface area contributed by atoms with Crippen LogP contribution in [-0.2, 0) is 13.1 Å². The highest BCUT2D eigenvalue weighted by molar-refractivity contribution is 9.10. The quantitative estimate of drug-likeness (QED) is 0.889. The molecule has 98 valence electrons. The van der Waals surface area contributed by atoms with Crippen LogP contribution >= 0.6 is 15.9 Å². The summed E-state index contributed by atoms with van der Waals surface area (Å²) in [5, 5.41) is 12.1. The van der Waals surface area contributed by atoms with Crippen molar-refractivity contribution in [2.45, 2.75) is 13.1 Å². The van der Waals surface area contributed by atoms with Crippen LogP contribution in [0.5, 0.6) is 0 Å². The minimum atomic E-state index is -1.01. The number of nitrogens with one attached hydrogen (secondary N) is 1. The van der Waals surface area contributed by atoms with Gasteiger partial charge in [0.25, 0.3) is 0 Å². The molecule has 2 aromatic rings. The molecule has 2 N–H and O–H groups in total. The van der Waals surface area contributed by atoms with Crippen LogP contribution in [0.15, 0.2) is 46.9 Å². The van der Waals surface area contributed by atoms with Gasteiger partial charge < -0.3 is 10.4 Å². The van der Waals surface area contributed by atoms with Crippen molar-refractivity contribution < 1.29 is 9.90 Å². The van der Waals surface area contributed by atoms with E-state index >= 15 is 0 Å². The van der Waals surface area contributed by atoms with Crippen molar-refractivity contribution in [2.75, 3.05) is 0 Å². The molecule has 0 bridgehead atoms. The first-order valence-electron chi connectivity index (χ1n) is 5.79. The van der Waals surface area contributed by atoms with Crippen LogP contribution in [-0.4, -0.2) is 16.1 Å². The average molecular weight is 321 g/mol. The number of carboxylic acids is 1. The van der Waals surface area contributed by atoms with Gasteiger partial charge in [-0.1, -0.05) is 34.1 Å². The largest absolute Gasteiger partial charge is 0.477 e. The van der Waals surface area contributed by atoms with Crippen LogP contribution in [0.1, 0.15) is 21.7 Å². The Morgan fingerprint density at radius 2 is 2.00 bits per heavy atom. The number of rotatable bonds is 5. The van der Waals surface area contributed by atoms with Crippen molar-refractivity contribution in [3.63, 3.8) is 0 Å². The van der Waals surface area contributed by atoms with E-state index in [9.17, 15) is 4.79 Å². The summed E-state index contributed by atoms with van der Waals surface area (Å²) in [6, 6.07) is 13.0. The van der Waals surface area contributed by atoms with Gasteiger partial charge in [0.15, 0.2) is 0 Å². The third-order valence-corrected chi connectivity index (χ3v) is 3.04. The van der Waals surface area contributed by atoms with E-state index in [2.05, 4.69) is 26.2 Å². The maximum absolute atomic E-state index is 10.8. The molecule has 5 heteroatoms. The van der Waals surface area contributed by atoms with E-state index in [-0.39, 0.29) is 5.69 Å². The summed E-state index contributed by atoms with van der Waals surface area (Å²) < 4.78 is 1.04. The van der Waals surface area contributed by atoms with E-state index in [0.29, 0.717) is 13.1 Å². The predicted octanol–water partition coefficient (Wildman–Crippen LogP) is 2.83. The Morgan fingerprint density at radius 1 is 1.21 bits per heavy atom. The van der Waals surface area contributed by atoms with Gasteiger partial charge in [0.05, 0.1) is 5.69 Å². The molecule has 0 aliphatic rings. The Morgan fingerprint density at radius 3 is 2.74 bits per heavy atom. The zero-order valence-electron chi connectivity index (χ0n) is 10.1. The number of hydrogen-bond acceptors (Lipinski definition) is 3. The van der Waals surface area contributed by atoms with Crippen molar-refractivity contribution in [2.24, 2.45) is 0 Å². The molecule has 19 heavy (non-hydrogen) atoms. The Bertz CT molecular complexity index is 587. The zero-order chi connectivity index (χ0) is 13.7. The van der Waals surface area contributed by atoms with E-state index in [1.165, 1.54) is 6.07 Å². The molecule has 0 radical (unpaired) electrons. The molecule has 1 aromatic heterocycles. The highest BCUT2D eigenvalue weighted by Gasteiger charge is 2.04. The van der Waals surface area contributed by atoms with Crippen LogP contribution in [0.4, 0.5) is 0 Å². The smallest absolute Gasteiger partial charge is 0.354 e. The van der Waals surface area contributed by atoms with E-state index < -0.39 is 5.97 Å². The molecule has 0 amide bonds. The molecule has 1 aromatic carbocycles. The lowest BCUT2D eigenvalue weighted by Gasteiger charge is -2.05. The van der Waals surface area contributed by atoms with Crippen LogP contribution in [0.2, 0.25) is 0 Å². The summed E-state index contributed by atoms with van der Waals surface area (Å²) in [4.78, 5) is 14.8. The number of hydrogen-bond donors (Lipinski definition) is 2. The summed E-state index contributed by atoms with van der Waals surface area (Å²) in [5.74, 6) is -1.01. The highest BCUT2D eigenvalue weighted by atomic mass is 79.9. The first kappa shape index (κ1) is 13.7. The molecule has 1 heterocycles. The van der Waals surface area contributed by atoms with Crippen LogP contribution < -0.4 is 5.32 Å². The first-order chi connectivity index (χ1) is 9.15. The molecule has 0 atom stereocenters. The monoisotopic (exact) mass is 320 g/mol. The van der Waals surface area contributed by atoms with Gasteiger partial charge in [0, 0.05) is 17.6 Å². The Balaban J connectivity index is 1.92. The van der Waals surface area contributed by atoms with E-state index in [1.54, 1.807) is 12.1 Å². The van der Waals surface area contributed by atoms with E-state index in [0.717, 1.165) is 15.7 Å². The van der Waals surface area contributed by atoms with Gasteiger partial charge in [0.1, 0.15) is 5.69 Å². The number of aromatic carboxylic acids is 1. The normalized spacial score (nSPS) is 10.4. The van der Waals surface area contributed by atoms with Crippen LogP contribution in [0.25, 0.3) is 0 Å². The number of carbonyl (C=O) groups is 1. The fraction of sp³-hybridized carbons (Fsp3) is 0.143. The second-order valence-electron chi connectivity index (χ2n) is 4.05. The third-order valence-electron chi connectivity index (χ3n) is 2.55. The molecule has 0 saturated heterocycles. The number of pyridine rings is 1. The minimum absolute atomic E-state index is 0.0711. The molecule has 0 aliphatic heterocycles. The molecule has 4 nitrogen and oxygen atoms in total. The number of benzene rings is 1. The second kappa shape index (κ2) is 6.45. The lowest BCUT2D eigenvalue weighted by molar-refractivity contribution is 0.0690. The fourth-order valence-electron chi connectivity index (χ4n) is 1.68. The van der Waals surface area contributed by atoms with Crippen LogP contribution in [0, 0.1) is 0 Å². The molecule has 0 saturated carbocycles. The fourth-order valence-corrected chi connectivity index (χ4v) is 2.13. The van der Waals surface area contributed by atoms with Gasteiger partial charge in [0.2, 0.25) is 0 Å². The average Bonchev–Trinajstić information content (AvgIpc) is 2.39. The van der Waals surface area contributed by atoms with Crippen molar-refractivity contribution in [1.82, 2.24) is 10.3 Å². The van der Waals surface area contributed by atoms with E-state index in [1.807, 2.05) is 24.3 Å². The lowest BCUT2D eigenvalue weighted by atomic mass is 10.2. The highest BCUT2D eigenvalue weighted by Crippen LogP contribution is 2.11. The molecular weight excluding hydrogens is 308 g/mol. The van der Waals surface area contributed by atoms with Crippen molar-refractivity contribution in [3.05, 3.63) is 63.9 Å². The van der Waals surface area contributed by atoms with Gasteiger partial charge in [-0.3, -0.25) is 0 Å². The second-order valence-corrected chi connectivity index (χ2v) is 4.97. The molecule has 0 spiro atoms. The Hall–Kier alpha value is -1.72. The molecule has 0 unspecified atom stereocenters. The third kappa shape index (κ3) is 4.15. The zero-order valence-corrected chi connectivity index (χ0v) is 11.7. The number of aromatic nitrogens is 1.